The summed E-state index contributed by atoms with van der Waals surface area (Å²) in [6.07, 6.45) is 0. The fraction of sp³-hybridized carbons (Fsp3) is 0.158. The molecule has 5 heteroatoms. The van der Waals surface area contributed by atoms with Gasteiger partial charge in [-0.1, -0.05) is 60.7 Å². The second-order valence-electron chi connectivity index (χ2n) is 5.31. The lowest BCUT2D eigenvalue weighted by Crippen LogP contribution is -2.28. The van der Waals surface area contributed by atoms with Crippen molar-refractivity contribution in [2.45, 2.75) is 12.6 Å². The van der Waals surface area contributed by atoms with Crippen LogP contribution >= 0.6 is 11.6 Å². The molecule has 0 N–H and O–H groups in total. The molecule has 4 nitrogen and oxygen atoms in total. The van der Waals surface area contributed by atoms with Crippen LogP contribution in [0.4, 0.5) is 0 Å². The molecule has 2 aromatic carbocycles. The normalized spacial score (nSPS) is 11.9. The fourth-order valence-corrected chi connectivity index (χ4v) is 2.72. The first-order valence-electron chi connectivity index (χ1n) is 7.65. The van der Waals surface area contributed by atoms with Crippen LogP contribution in [-0.4, -0.2) is 15.7 Å². The van der Waals surface area contributed by atoms with Crippen molar-refractivity contribution in [3.8, 4) is 5.88 Å². The fourth-order valence-electron chi connectivity index (χ4n) is 2.41. The summed E-state index contributed by atoms with van der Waals surface area (Å²) < 4.78 is 7.08. The van der Waals surface area contributed by atoms with E-state index in [1.54, 1.807) is 6.07 Å². The van der Waals surface area contributed by atoms with E-state index in [4.69, 9.17) is 16.3 Å². The first kappa shape index (κ1) is 16.3. The predicted molar refractivity (Wildman–Crippen MR) is 94.6 cm³/mol. The van der Waals surface area contributed by atoms with E-state index in [0.717, 1.165) is 11.1 Å². The highest BCUT2D eigenvalue weighted by Gasteiger charge is 2.16. The molecular weight excluding hydrogens is 324 g/mol. The second kappa shape index (κ2) is 7.79. The highest BCUT2D eigenvalue weighted by molar-refractivity contribution is 6.18. The van der Waals surface area contributed by atoms with Gasteiger partial charge in [-0.25, -0.2) is 4.68 Å². The third-order valence-electron chi connectivity index (χ3n) is 3.66. The molecule has 1 aromatic heterocycles. The maximum Gasteiger partial charge on any atom is 0.267 e. The maximum absolute atomic E-state index is 12.2. The lowest BCUT2D eigenvalue weighted by molar-refractivity contribution is 0.281. The monoisotopic (exact) mass is 340 g/mol. The van der Waals surface area contributed by atoms with Crippen LogP contribution in [0.15, 0.2) is 77.6 Å². The lowest BCUT2D eigenvalue weighted by atomic mass is 10.1. The standard InChI is InChI=1S/C19H17ClN2O2/c20-13-17(16-9-5-2-6-10-16)22-19(23)12-11-18(21-22)24-14-15-7-3-1-4-8-15/h1-12,17H,13-14H2. The SMILES string of the molecule is O=c1ccc(OCc2ccccc2)nn1C(CCl)c1ccccc1. The molecule has 0 bridgehead atoms. The highest BCUT2D eigenvalue weighted by Crippen LogP contribution is 2.18. The Morgan fingerprint density at radius 1 is 0.958 bits per heavy atom. The summed E-state index contributed by atoms with van der Waals surface area (Å²) in [4.78, 5) is 12.2. The van der Waals surface area contributed by atoms with Crippen molar-refractivity contribution in [1.29, 1.82) is 0 Å². The Kier molecular flexibility index (Phi) is 5.29. The highest BCUT2D eigenvalue weighted by atomic mass is 35.5. The first-order valence-corrected chi connectivity index (χ1v) is 8.19. The molecule has 0 spiro atoms. The summed E-state index contributed by atoms with van der Waals surface area (Å²) in [5.74, 6) is 0.642. The Bertz CT molecular complexity index is 835. The molecule has 0 saturated carbocycles. The Morgan fingerprint density at radius 3 is 2.29 bits per heavy atom. The largest absolute Gasteiger partial charge is 0.472 e. The molecular formula is C19H17ClN2O2. The zero-order chi connectivity index (χ0) is 16.8. The molecule has 0 saturated heterocycles. The predicted octanol–water partition coefficient (Wildman–Crippen LogP) is 3.65. The van der Waals surface area contributed by atoms with Gasteiger partial charge < -0.3 is 4.74 Å². The molecule has 0 aliphatic carbocycles. The van der Waals surface area contributed by atoms with Gasteiger partial charge in [0.05, 0.1) is 6.04 Å². The van der Waals surface area contributed by atoms with Gasteiger partial charge in [0.15, 0.2) is 0 Å². The van der Waals surface area contributed by atoms with Gasteiger partial charge in [0.1, 0.15) is 6.61 Å². The van der Waals surface area contributed by atoms with Crippen LogP contribution in [0, 0.1) is 0 Å². The smallest absolute Gasteiger partial charge is 0.267 e. The zero-order valence-electron chi connectivity index (χ0n) is 13.0. The number of benzene rings is 2. The molecule has 0 aliphatic rings. The minimum Gasteiger partial charge on any atom is -0.472 e. The number of aromatic nitrogens is 2. The third-order valence-corrected chi connectivity index (χ3v) is 3.95. The van der Waals surface area contributed by atoms with Crippen LogP contribution < -0.4 is 10.3 Å². The molecule has 24 heavy (non-hydrogen) atoms. The summed E-state index contributed by atoms with van der Waals surface area (Å²) >= 11 is 6.09. The second-order valence-corrected chi connectivity index (χ2v) is 5.62. The van der Waals surface area contributed by atoms with Crippen molar-refractivity contribution < 1.29 is 4.74 Å². The zero-order valence-corrected chi connectivity index (χ0v) is 13.8. The Hall–Kier alpha value is -2.59. The summed E-state index contributed by atoms with van der Waals surface area (Å²) in [6.45, 7) is 0.392. The topological polar surface area (TPSA) is 44.1 Å². The minimum atomic E-state index is -0.333. The molecule has 1 heterocycles. The van der Waals surface area contributed by atoms with E-state index in [2.05, 4.69) is 5.10 Å². The molecule has 122 valence electrons. The molecule has 0 fully saturated rings. The summed E-state index contributed by atoms with van der Waals surface area (Å²) in [5.41, 5.74) is 1.76. The molecule has 3 rings (SSSR count). The first-order chi connectivity index (χ1) is 11.8. The van der Waals surface area contributed by atoms with Crippen LogP contribution in [0.3, 0.4) is 0 Å². The van der Waals surface area contributed by atoms with Crippen LogP contribution in [0.1, 0.15) is 17.2 Å². The molecule has 1 atom stereocenters. The number of rotatable bonds is 6. The van der Waals surface area contributed by atoms with E-state index in [9.17, 15) is 4.79 Å². The molecule has 0 amide bonds. The van der Waals surface area contributed by atoms with Gasteiger partial charge in [0.25, 0.3) is 5.56 Å². The van der Waals surface area contributed by atoms with E-state index in [1.807, 2.05) is 60.7 Å². The van der Waals surface area contributed by atoms with E-state index < -0.39 is 0 Å². The average Bonchev–Trinajstić information content (AvgIpc) is 2.64. The van der Waals surface area contributed by atoms with Gasteiger partial charge in [-0.2, -0.15) is 0 Å². The van der Waals surface area contributed by atoms with E-state index in [1.165, 1.54) is 10.7 Å². The van der Waals surface area contributed by atoms with Crippen LogP contribution in [0.5, 0.6) is 5.88 Å². The van der Waals surface area contributed by atoms with Gasteiger partial charge in [-0.3, -0.25) is 4.79 Å². The van der Waals surface area contributed by atoms with Crippen LogP contribution in [0.2, 0.25) is 0 Å². The van der Waals surface area contributed by atoms with Crippen molar-refractivity contribution in [3.05, 3.63) is 94.3 Å². The van der Waals surface area contributed by atoms with E-state index in [-0.39, 0.29) is 17.5 Å². The molecule has 1 unspecified atom stereocenters. The van der Waals surface area contributed by atoms with Crippen molar-refractivity contribution in [1.82, 2.24) is 9.78 Å². The third kappa shape index (κ3) is 3.84. The van der Waals surface area contributed by atoms with Crippen LogP contribution in [0.25, 0.3) is 0 Å². The number of halogens is 1. The maximum atomic E-state index is 12.2. The summed E-state index contributed by atoms with van der Waals surface area (Å²) in [6, 6.07) is 22.1. The minimum absolute atomic E-state index is 0.212. The number of hydrogen-bond acceptors (Lipinski definition) is 3. The Balaban J connectivity index is 1.84. The molecule has 0 aliphatic heterocycles. The Labute approximate surface area is 145 Å². The van der Waals surface area contributed by atoms with E-state index >= 15 is 0 Å². The average molecular weight is 341 g/mol. The van der Waals surface area contributed by atoms with Gasteiger partial charge in [0.2, 0.25) is 5.88 Å². The lowest BCUT2D eigenvalue weighted by Gasteiger charge is -2.17. The van der Waals surface area contributed by atoms with Crippen molar-refractivity contribution in [2.75, 3.05) is 5.88 Å². The molecule has 0 radical (unpaired) electrons. The Morgan fingerprint density at radius 2 is 1.62 bits per heavy atom. The number of hydrogen-bond donors (Lipinski definition) is 0. The van der Waals surface area contributed by atoms with Crippen LogP contribution in [-0.2, 0) is 6.61 Å². The summed E-state index contributed by atoms with van der Waals surface area (Å²) in [7, 11) is 0. The van der Waals surface area contributed by atoms with Crippen molar-refractivity contribution in [3.63, 3.8) is 0 Å². The van der Waals surface area contributed by atoms with Gasteiger partial charge in [0, 0.05) is 18.0 Å². The number of nitrogens with zero attached hydrogens (tertiary/aromatic N) is 2. The summed E-state index contributed by atoms with van der Waals surface area (Å²) in [5, 5.41) is 4.33. The number of alkyl halides is 1. The van der Waals surface area contributed by atoms with Gasteiger partial charge in [-0.15, -0.1) is 16.7 Å². The van der Waals surface area contributed by atoms with Gasteiger partial charge in [-0.05, 0) is 11.1 Å². The molecule has 3 aromatic rings. The van der Waals surface area contributed by atoms with Gasteiger partial charge >= 0.3 is 0 Å². The van der Waals surface area contributed by atoms with Crippen molar-refractivity contribution in [2.24, 2.45) is 0 Å². The number of ether oxygens (including phenoxy) is 1. The van der Waals surface area contributed by atoms with Crippen molar-refractivity contribution >= 4 is 11.6 Å². The van der Waals surface area contributed by atoms with E-state index in [0.29, 0.717) is 12.5 Å². The quantitative estimate of drug-likeness (QED) is 0.643.